The third-order valence-electron chi connectivity index (χ3n) is 3.74. The Hall–Kier alpha value is -2.38. The van der Waals surface area contributed by atoms with Crippen molar-refractivity contribution in [1.82, 2.24) is 16.0 Å². The molecule has 13 heteroatoms. The molecule has 0 radical (unpaired) electrons. The second kappa shape index (κ2) is 13.0. The van der Waals surface area contributed by atoms with Crippen LogP contribution in [0.4, 0.5) is 0 Å². The Morgan fingerprint density at radius 3 is 1.93 bits per heavy atom. The molecule has 0 heterocycles. The molecule has 0 saturated carbocycles. The Balaban J connectivity index is 5.34. The minimum Gasteiger partial charge on any atom is -0.480 e. The van der Waals surface area contributed by atoms with Crippen LogP contribution in [0.25, 0.3) is 0 Å². The van der Waals surface area contributed by atoms with Crippen LogP contribution in [0.2, 0.25) is 0 Å². The molecule has 0 rings (SSSR count). The summed E-state index contributed by atoms with van der Waals surface area (Å²) in [5.74, 6) is -4.31. The maximum absolute atomic E-state index is 12.5. The van der Waals surface area contributed by atoms with Crippen molar-refractivity contribution in [2.45, 2.75) is 57.0 Å². The van der Waals surface area contributed by atoms with Crippen LogP contribution in [-0.4, -0.2) is 82.1 Å². The zero-order chi connectivity index (χ0) is 22.7. The third kappa shape index (κ3) is 10.1. The number of amides is 4. The average Bonchev–Trinajstić information content (AvgIpc) is 2.60. The summed E-state index contributed by atoms with van der Waals surface area (Å²) in [7, 11) is 0. The summed E-state index contributed by atoms with van der Waals surface area (Å²) >= 11 is 1.38. The number of nitrogens with two attached hydrogens (primary N) is 2. The molecule has 0 aliphatic carbocycles. The molecule has 0 aromatic heterocycles. The normalized spacial score (nSPS) is 15.9. The van der Waals surface area contributed by atoms with E-state index >= 15 is 0 Å². The van der Waals surface area contributed by atoms with Crippen molar-refractivity contribution in [3.63, 3.8) is 0 Å². The molecule has 0 saturated heterocycles. The molecule has 0 fully saturated rings. The number of nitrogens with one attached hydrogen (secondary N) is 3. The molecule has 5 atom stereocenters. The molecular weight excluding hydrogens is 406 g/mol. The fraction of sp³-hybridized carbons (Fsp3) is 0.688. The van der Waals surface area contributed by atoms with E-state index < -0.39 is 66.3 Å². The van der Waals surface area contributed by atoms with Crippen LogP contribution in [0.5, 0.6) is 0 Å². The van der Waals surface area contributed by atoms with Gasteiger partial charge in [0.15, 0.2) is 0 Å². The number of hydrogen-bond acceptors (Lipinski definition) is 8. The standard InChI is InChI=1S/C16H29N5O7S/c1-7(17)13(24)21-12(8(2)22)15(26)19-9(4-5-29-3)14(25)20-10(16(27)28)6-11(18)23/h7-10,12,22H,4-6,17H2,1-3H3,(H2,18,23)(H,19,26)(H,20,25)(H,21,24)(H,27,28). The number of carbonyl (C=O) groups is 5. The lowest BCUT2D eigenvalue weighted by Gasteiger charge is -2.26. The first-order chi connectivity index (χ1) is 13.4. The van der Waals surface area contributed by atoms with Gasteiger partial charge in [-0.25, -0.2) is 4.79 Å². The van der Waals surface area contributed by atoms with Crippen LogP contribution in [-0.2, 0) is 24.0 Å². The number of thioether (sulfide) groups is 1. The molecule has 29 heavy (non-hydrogen) atoms. The number of hydrogen-bond donors (Lipinski definition) is 7. The SMILES string of the molecule is CSCCC(NC(=O)C(NC(=O)C(C)N)C(C)O)C(=O)NC(CC(N)=O)C(=O)O. The van der Waals surface area contributed by atoms with Crippen molar-refractivity contribution >= 4 is 41.4 Å². The monoisotopic (exact) mass is 435 g/mol. The lowest BCUT2D eigenvalue weighted by molar-refractivity contribution is -0.144. The highest BCUT2D eigenvalue weighted by atomic mass is 32.2. The smallest absolute Gasteiger partial charge is 0.326 e. The molecule has 12 nitrogen and oxygen atoms in total. The number of aliphatic hydroxyl groups is 1. The Morgan fingerprint density at radius 2 is 1.52 bits per heavy atom. The van der Waals surface area contributed by atoms with E-state index in [-0.39, 0.29) is 6.42 Å². The lowest BCUT2D eigenvalue weighted by atomic mass is 10.1. The number of carboxylic acids is 1. The Kier molecular flexibility index (Phi) is 11.9. The Morgan fingerprint density at radius 1 is 0.966 bits per heavy atom. The fourth-order valence-electron chi connectivity index (χ4n) is 2.13. The van der Waals surface area contributed by atoms with Gasteiger partial charge in [0.25, 0.3) is 0 Å². The van der Waals surface area contributed by atoms with Gasteiger partial charge < -0.3 is 37.6 Å². The Labute approximate surface area is 172 Å². The number of aliphatic carboxylic acids is 1. The van der Waals surface area contributed by atoms with E-state index in [1.54, 1.807) is 6.26 Å². The summed E-state index contributed by atoms with van der Waals surface area (Å²) in [6.07, 6.45) is -0.00479. The van der Waals surface area contributed by atoms with Gasteiger partial charge in [0.05, 0.1) is 18.6 Å². The van der Waals surface area contributed by atoms with Crippen LogP contribution in [0.15, 0.2) is 0 Å². The van der Waals surface area contributed by atoms with E-state index in [1.807, 2.05) is 0 Å². The van der Waals surface area contributed by atoms with Crippen molar-refractivity contribution in [2.24, 2.45) is 11.5 Å². The predicted octanol–water partition coefficient (Wildman–Crippen LogP) is -3.12. The molecule has 166 valence electrons. The van der Waals surface area contributed by atoms with Gasteiger partial charge in [0.2, 0.25) is 23.6 Å². The van der Waals surface area contributed by atoms with E-state index in [9.17, 15) is 29.1 Å². The number of primary amides is 1. The van der Waals surface area contributed by atoms with Crippen LogP contribution in [0.3, 0.4) is 0 Å². The van der Waals surface area contributed by atoms with Gasteiger partial charge in [-0.05, 0) is 32.3 Å². The number of carboxylic acid groups (broad SMARTS) is 1. The van der Waals surface area contributed by atoms with Gasteiger partial charge in [-0.1, -0.05) is 0 Å². The van der Waals surface area contributed by atoms with Crippen LogP contribution >= 0.6 is 11.8 Å². The highest BCUT2D eigenvalue weighted by Crippen LogP contribution is 2.05. The largest absolute Gasteiger partial charge is 0.480 e. The molecule has 5 unspecified atom stereocenters. The number of rotatable bonds is 13. The molecule has 0 bridgehead atoms. The van der Waals surface area contributed by atoms with Gasteiger partial charge in [-0.15, -0.1) is 0 Å². The molecule has 0 aromatic rings. The quantitative estimate of drug-likeness (QED) is 0.155. The zero-order valence-corrected chi connectivity index (χ0v) is 17.3. The summed E-state index contributed by atoms with van der Waals surface area (Å²) in [6.45, 7) is 2.67. The van der Waals surface area contributed by atoms with Crippen LogP contribution < -0.4 is 27.4 Å². The van der Waals surface area contributed by atoms with Crippen molar-refractivity contribution < 1.29 is 34.2 Å². The molecule has 4 amide bonds. The van der Waals surface area contributed by atoms with E-state index in [0.29, 0.717) is 5.75 Å². The molecule has 9 N–H and O–H groups in total. The van der Waals surface area contributed by atoms with Crippen molar-refractivity contribution in [3.8, 4) is 0 Å². The van der Waals surface area contributed by atoms with Gasteiger partial charge in [0.1, 0.15) is 18.1 Å². The highest BCUT2D eigenvalue weighted by Gasteiger charge is 2.32. The van der Waals surface area contributed by atoms with Gasteiger partial charge in [0, 0.05) is 0 Å². The summed E-state index contributed by atoms with van der Waals surface area (Å²) in [5.41, 5.74) is 10.4. The molecule has 0 aliphatic heterocycles. The molecule has 0 aliphatic rings. The summed E-state index contributed by atoms with van der Waals surface area (Å²) < 4.78 is 0. The van der Waals surface area contributed by atoms with Crippen molar-refractivity contribution in [2.75, 3.05) is 12.0 Å². The van der Waals surface area contributed by atoms with E-state index in [4.69, 9.17) is 16.6 Å². The maximum Gasteiger partial charge on any atom is 0.326 e. The second-order valence-corrected chi connectivity index (χ2v) is 7.41. The lowest BCUT2D eigenvalue weighted by Crippen LogP contribution is -2.59. The average molecular weight is 436 g/mol. The number of aliphatic hydroxyl groups excluding tert-OH is 1. The first-order valence-corrected chi connectivity index (χ1v) is 10.1. The van der Waals surface area contributed by atoms with E-state index in [0.717, 1.165) is 0 Å². The zero-order valence-electron chi connectivity index (χ0n) is 16.5. The summed E-state index contributed by atoms with van der Waals surface area (Å²) in [6, 6.07) is -5.03. The fourth-order valence-corrected chi connectivity index (χ4v) is 2.60. The Bertz CT molecular complexity index is 614. The van der Waals surface area contributed by atoms with E-state index in [2.05, 4.69) is 16.0 Å². The van der Waals surface area contributed by atoms with Crippen molar-refractivity contribution in [1.29, 1.82) is 0 Å². The predicted molar refractivity (Wildman–Crippen MR) is 106 cm³/mol. The minimum absolute atomic E-state index is 0.134. The van der Waals surface area contributed by atoms with Crippen molar-refractivity contribution in [3.05, 3.63) is 0 Å². The first-order valence-electron chi connectivity index (χ1n) is 8.75. The highest BCUT2D eigenvalue weighted by molar-refractivity contribution is 7.98. The van der Waals surface area contributed by atoms with E-state index in [1.165, 1.54) is 25.6 Å². The number of carbonyl (C=O) groups excluding carboxylic acids is 4. The molecular formula is C16H29N5O7S. The van der Waals surface area contributed by atoms with Gasteiger partial charge in [-0.2, -0.15) is 11.8 Å². The third-order valence-corrected chi connectivity index (χ3v) is 4.38. The maximum atomic E-state index is 12.5. The van der Waals surface area contributed by atoms with Crippen LogP contribution in [0.1, 0.15) is 26.7 Å². The van der Waals surface area contributed by atoms with Gasteiger partial charge >= 0.3 is 5.97 Å². The minimum atomic E-state index is -1.56. The molecule has 0 spiro atoms. The topological polar surface area (TPSA) is 214 Å². The second-order valence-electron chi connectivity index (χ2n) is 6.43. The van der Waals surface area contributed by atoms with Crippen LogP contribution in [0, 0.1) is 0 Å². The summed E-state index contributed by atoms with van der Waals surface area (Å²) in [5, 5.41) is 25.7. The summed E-state index contributed by atoms with van der Waals surface area (Å²) in [4.78, 5) is 59.0. The van der Waals surface area contributed by atoms with Gasteiger partial charge in [-0.3, -0.25) is 19.2 Å². The molecule has 0 aromatic carbocycles. The first kappa shape index (κ1) is 26.6.